The Balaban J connectivity index is 1.58. The topological polar surface area (TPSA) is 59.0 Å². The minimum atomic E-state index is -0.352. The summed E-state index contributed by atoms with van der Waals surface area (Å²) in [6, 6.07) is 0. The third-order valence-electron chi connectivity index (χ3n) is 4.27. The maximum atomic E-state index is 12.2. The molecule has 3 aliphatic heterocycles. The van der Waals surface area contributed by atoms with Gasteiger partial charge in [0.2, 0.25) is 0 Å². The smallest absolute Gasteiger partial charge is 0.256 e. The van der Waals surface area contributed by atoms with Crippen molar-refractivity contribution in [2.24, 2.45) is 16.9 Å². The molecule has 2 fully saturated rings. The number of hydrazone groups is 1. The van der Waals surface area contributed by atoms with Crippen LogP contribution in [0, 0.1) is 11.8 Å². The molecule has 2 saturated heterocycles. The zero-order valence-electron chi connectivity index (χ0n) is 11.7. The number of nitrogens with zero attached hydrogens (tertiary/aromatic N) is 2. The molecule has 0 aromatic carbocycles. The summed E-state index contributed by atoms with van der Waals surface area (Å²) in [5, 5.41) is 5.15. The van der Waals surface area contributed by atoms with Gasteiger partial charge in [-0.25, -0.2) is 0 Å². The van der Waals surface area contributed by atoms with Gasteiger partial charge in [-0.1, -0.05) is 38.3 Å². The summed E-state index contributed by atoms with van der Waals surface area (Å²) in [4.78, 5) is 24.5. The molecule has 0 aromatic heterocycles. The summed E-state index contributed by atoms with van der Waals surface area (Å²) in [6.45, 7) is 2.17. The standard InChI is InChI=1S/C15H20N2O3/c1-2-3-4-5-6-9-16-17-14(18)12-10-7-8-11(20-10)13(12)15(17)19/h7-13H,2-6H2,1H3/b16-9+. The minimum absolute atomic E-state index is 0.207. The minimum Gasteiger partial charge on any atom is -0.365 e. The molecule has 2 amide bonds. The fraction of sp³-hybridized carbons (Fsp3) is 0.667. The number of rotatable bonds is 6. The number of carbonyl (C=O) groups excluding carboxylic acids is 2. The van der Waals surface area contributed by atoms with E-state index in [1.165, 1.54) is 12.8 Å². The number of fused-ring (bicyclic) bond motifs is 5. The fourth-order valence-electron chi connectivity index (χ4n) is 3.20. The lowest BCUT2D eigenvalue weighted by atomic mass is 9.85. The van der Waals surface area contributed by atoms with Crippen molar-refractivity contribution < 1.29 is 14.3 Å². The highest BCUT2D eigenvalue weighted by atomic mass is 16.5. The van der Waals surface area contributed by atoms with E-state index in [4.69, 9.17) is 4.74 Å². The van der Waals surface area contributed by atoms with E-state index in [1.54, 1.807) is 6.21 Å². The van der Waals surface area contributed by atoms with Gasteiger partial charge in [-0.05, 0) is 12.8 Å². The van der Waals surface area contributed by atoms with Crippen molar-refractivity contribution in [3.05, 3.63) is 12.2 Å². The second-order valence-corrected chi connectivity index (χ2v) is 5.64. The number of hydrogen-bond donors (Lipinski definition) is 0. The Kier molecular flexibility index (Phi) is 3.70. The second-order valence-electron chi connectivity index (χ2n) is 5.64. The van der Waals surface area contributed by atoms with Gasteiger partial charge in [0.15, 0.2) is 0 Å². The van der Waals surface area contributed by atoms with Crippen LogP contribution in [0.1, 0.15) is 39.0 Å². The Labute approximate surface area is 118 Å². The average molecular weight is 276 g/mol. The molecule has 0 spiro atoms. The Bertz CT molecular complexity index is 442. The molecule has 0 radical (unpaired) electrons. The van der Waals surface area contributed by atoms with E-state index in [9.17, 15) is 9.59 Å². The molecule has 0 aliphatic carbocycles. The zero-order chi connectivity index (χ0) is 14.1. The lowest BCUT2D eigenvalue weighted by Crippen LogP contribution is -2.30. The van der Waals surface area contributed by atoms with Crippen LogP contribution in [-0.4, -0.2) is 35.2 Å². The predicted octanol–water partition coefficient (Wildman–Crippen LogP) is 1.88. The zero-order valence-corrected chi connectivity index (χ0v) is 11.7. The van der Waals surface area contributed by atoms with Crippen LogP contribution in [0.2, 0.25) is 0 Å². The van der Waals surface area contributed by atoms with E-state index in [1.807, 2.05) is 12.2 Å². The van der Waals surface area contributed by atoms with Crippen molar-refractivity contribution >= 4 is 18.0 Å². The van der Waals surface area contributed by atoms with E-state index in [-0.39, 0.29) is 35.9 Å². The molecule has 2 bridgehead atoms. The van der Waals surface area contributed by atoms with E-state index in [0.717, 1.165) is 24.3 Å². The number of hydrogen-bond acceptors (Lipinski definition) is 4. The summed E-state index contributed by atoms with van der Waals surface area (Å²) in [6.07, 6.45) is 10.4. The third-order valence-corrected chi connectivity index (χ3v) is 4.27. The van der Waals surface area contributed by atoms with Gasteiger partial charge in [-0.2, -0.15) is 10.1 Å². The van der Waals surface area contributed by atoms with Crippen molar-refractivity contribution in [3.63, 3.8) is 0 Å². The fourth-order valence-corrected chi connectivity index (χ4v) is 3.20. The summed E-state index contributed by atoms with van der Waals surface area (Å²) in [7, 11) is 0. The summed E-state index contributed by atoms with van der Waals surface area (Å²) in [5.41, 5.74) is 0. The van der Waals surface area contributed by atoms with Gasteiger partial charge in [0.25, 0.3) is 11.8 Å². The highest BCUT2D eigenvalue weighted by Crippen LogP contribution is 2.45. The van der Waals surface area contributed by atoms with E-state index in [2.05, 4.69) is 12.0 Å². The van der Waals surface area contributed by atoms with Crippen molar-refractivity contribution in [1.29, 1.82) is 0 Å². The van der Waals surface area contributed by atoms with Crippen LogP contribution < -0.4 is 0 Å². The Morgan fingerprint density at radius 2 is 1.80 bits per heavy atom. The van der Waals surface area contributed by atoms with Gasteiger partial charge < -0.3 is 4.74 Å². The highest BCUT2D eigenvalue weighted by molar-refractivity contribution is 6.06. The lowest BCUT2D eigenvalue weighted by Gasteiger charge is -2.11. The molecule has 5 nitrogen and oxygen atoms in total. The van der Waals surface area contributed by atoms with Gasteiger partial charge in [-0.3, -0.25) is 9.59 Å². The van der Waals surface area contributed by atoms with Gasteiger partial charge >= 0.3 is 0 Å². The Morgan fingerprint density at radius 1 is 1.15 bits per heavy atom. The van der Waals surface area contributed by atoms with Crippen LogP contribution in [0.4, 0.5) is 0 Å². The molecular formula is C15H20N2O3. The van der Waals surface area contributed by atoms with Crippen molar-refractivity contribution in [2.75, 3.05) is 0 Å². The number of unbranched alkanes of at least 4 members (excludes halogenated alkanes) is 4. The SMILES string of the molecule is CCCCCC/C=N/N1C(=O)C2C3C=CC(O3)C2C1=O. The van der Waals surface area contributed by atoms with Crippen LogP contribution in [0.15, 0.2) is 17.3 Å². The first-order chi connectivity index (χ1) is 9.74. The van der Waals surface area contributed by atoms with Gasteiger partial charge in [0.1, 0.15) is 0 Å². The number of ether oxygens (including phenoxy) is 1. The molecular weight excluding hydrogens is 256 g/mol. The van der Waals surface area contributed by atoms with E-state index >= 15 is 0 Å². The third kappa shape index (κ3) is 2.10. The van der Waals surface area contributed by atoms with Crippen molar-refractivity contribution in [1.82, 2.24) is 5.01 Å². The second kappa shape index (κ2) is 5.48. The van der Waals surface area contributed by atoms with Gasteiger partial charge in [0, 0.05) is 6.21 Å². The molecule has 0 N–H and O–H groups in total. The maximum absolute atomic E-state index is 12.2. The monoisotopic (exact) mass is 276 g/mol. The first kappa shape index (κ1) is 13.5. The quantitative estimate of drug-likeness (QED) is 0.322. The summed E-state index contributed by atoms with van der Waals surface area (Å²) >= 11 is 0. The lowest BCUT2D eigenvalue weighted by molar-refractivity contribution is -0.142. The predicted molar refractivity (Wildman–Crippen MR) is 73.9 cm³/mol. The molecule has 4 unspecified atom stereocenters. The van der Waals surface area contributed by atoms with Crippen LogP contribution in [0.5, 0.6) is 0 Å². The number of imide groups is 1. The molecule has 4 atom stereocenters. The summed E-state index contributed by atoms with van der Waals surface area (Å²) in [5.74, 6) is -1.12. The molecule has 3 aliphatic rings. The van der Waals surface area contributed by atoms with Crippen LogP contribution >= 0.6 is 0 Å². The Morgan fingerprint density at radius 3 is 2.40 bits per heavy atom. The van der Waals surface area contributed by atoms with E-state index < -0.39 is 0 Å². The number of carbonyl (C=O) groups is 2. The van der Waals surface area contributed by atoms with Gasteiger partial charge in [0.05, 0.1) is 24.0 Å². The first-order valence-corrected chi connectivity index (χ1v) is 7.48. The maximum Gasteiger partial charge on any atom is 0.256 e. The first-order valence-electron chi connectivity index (χ1n) is 7.48. The van der Waals surface area contributed by atoms with E-state index in [0.29, 0.717) is 0 Å². The van der Waals surface area contributed by atoms with Crippen LogP contribution in [0.3, 0.4) is 0 Å². The molecule has 5 heteroatoms. The summed E-state index contributed by atoms with van der Waals surface area (Å²) < 4.78 is 5.57. The average Bonchev–Trinajstić information content (AvgIpc) is 3.11. The van der Waals surface area contributed by atoms with Gasteiger partial charge in [-0.15, -0.1) is 0 Å². The van der Waals surface area contributed by atoms with Crippen LogP contribution in [-0.2, 0) is 14.3 Å². The molecule has 3 heterocycles. The highest BCUT2D eigenvalue weighted by Gasteiger charge is 2.61. The number of amides is 2. The van der Waals surface area contributed by atoms with Crippen molar-refractivity contribution in [3.8, 4) is 0 Å². The molecule has 0 saturated carbocycles. The van der Waals surface area contributed by atoms with Crippen molar-refractivity contribution in [2.45, 2.75) is 51.2 Å². The Hall–Kier alpha value is -1.49. The molecule has 20 heavy (non-hydrogen) atoms. The molecule has 3 rings (SSSR count). The molecule has 108 valence electrons. The van der Waals surface area contributed by atoms with Crippen LogP contribution in [0.25, 0.3) is 0 Å². The largest absolute Gasteiger partial charge is 0.365 e. The molecule has 0 aromatic rings. The normalized spacial score (nSPS) is 34.8.